The number of amides is 1. The summed E-state index contributed by atoms with van der Waals surface area (Å²) >= 11 is 0. The van der Waals surface area contributed by atoms with Crippen molar-refractivity contribution in [1.82, 2.24) is 14.9 Å². The van der Waals surface area contributed by atoms with Crippen LogP contribution in [0.3, 0.4) is 0 Å². The first-order valence-electron chi connectivity index (χ1n) is 9.18. The number of benzene rings is 2. The second-order valence-corrected chi connectivity index (χ2v) is 6.74. The molecule has 2 heterocycles. The van der Waals surface area contributed by atoms with Gasteiger partial charge in [-0.2, -0.15) is 0 Å². The number of nitrogens with zero attached hydrogens (tertiary/aromatic N) is 2. The number of nitrogens with one attached hydrogen (secondary N) is 1. The molecule has 2 aromatic carbocycles. The molecule has 0 bridgehead atoms. The van der Waals surface area contributed by atoms with Crippen molar-refractivity contribution in [3.8, 4) is 11.5 Å². The third kappa shape index (κ3) is 3.55. The molecule has 0 spiro atoms. The number of carbonyl (C=O) groups excluding carboxylic acids is 1. The lowest BCUT2D eigenvalue weighted by Gasteiger charge is -2.27. The van der Waals surface area contributed by atoms with Gasteiger partial charge in [0.1, 0.15) is 6.61 Å². The molecule has 7 nitrogen and oxygen atoms in total. The molecule has 3 aromatic rings. The molecule has 28 heavy (non-hydrogen) atoms. The normalized spacial score (nSPS) is 15.5. The summed E-state index contributed by atoms with van der Waals surface area (Å²) in [6.45, 7) is 0.664. The predicted molar refractivity (Wildman–Crippen MR) is 105 cm³/mol. The molecule has 144 valence electrons. The summed E-state index contributed by atoms with van der Waals surface area (Å²) in [7, 11) is 1.61. The van der Waals surface area contributed by atoms with Gasteiger partial charge in [0.2, 0.25) is 5.91 Å². The second kappa shape index (κ2) is 7.72. The van der Waals surface area contributed by atoms with E-state index in [1.54, 1.807) is 25.3 Å². The van der Waals surface area contributed by atoms with Gasteiger partial charge >= 0.3 is 0 Å². The number of ether oxygens (including phenoxy) is 2. The van der Waals surface area contributed by atoms with Crippen LogP contribution in [-0.2, 0) is 17.8 Å². The van der Waals surface area contributed by atoms with Gasteiger partial charge in [0, 0.05) is 18.5 Å². The smallest absolute Gasteiger partial charge is 0.261 e. The number of fused-ring (bicyclic) bond motifs is 2. The van der Waals surface area contributed by atoms with E-state index >= 15 is 0 Å². The summed E-state index contributed by atoms with van der Waals surface area (Å²) in [6.07, 6.45) is 2.36. The van der Waals surface area contributed by atoms with Crippen LogP contribution in [0.25, 0.3) is 10.9 Å². The van der Waals surface area contributed by atoms with Crippen LogP contribution in [0.1, 0.15) is 12.0 Å². The number of hydrogen-bond donors (Lipinski definition) is 1. The molecule has 0 saturated heterocycles. The summed E-state index contributed by atoms with van der Waals surface area (Å²) in [5, 5.41) is 3.54. The van der Waals surface area contributed by atoms with Gasteiger partial charge in [0.05, 0.1) is 30.4 Å². The molecule has 0 radical (unpaired) electrons. The highest BCUT2D eigenvalue weighted by molar-refractivity contribution is 5.77. The minimum atomic E-state index is -0.138. The lowest BCUT2D eigenvalue weighted by molar-refractivity contribution is -0.122. The van der Waals surface area contributed by atoms with Crippen LogP contribution in [0.5, 0.6) is 11.5 Å². The number of carbonyl (C=O) groups is 1. The van der Waals surface area contributed by atoms with Crippen LogP contribution in [0.4, 0.5) is 0 Å². The van der Waals surface area contributed by atoms with Crippen molar-refractivity contribution >= 4 is 16.8 Å². The fourth-order valence-corrected chi connectivity index (χ4v) is 3.43. The van der Waals surface area contributed by atoms with E-state index in [2.05, 4.69) is 10.3 Å². The molecule has 1 amide bonds. The molecule has 4 rings (SSSR count). The van der Waals surface area contributed by atoms with Gasteiger partial charge in [0.15, 0.2) is 11.5 Å². The largest absolute Gasteiger partial charge is 0.493 e. The van der Waals surface area contributed by atoms with E-state index in [0.717, 1.165) is 11.3 Å². The number of para-hydroxylation sites is 2. The molecular formula is C21H21N3O4. The fraction of sp³-hybridized carbons (Fsp3) is 0.286. The van der Waals surface area contributed by atoms with Crippen molar-refractivity contribution in [2.75, 3.05) is 13.7 Å². The molecule has 1 N–H and O–H groups in total. The Balaban J connectivity index is 1.38. The SMILES string of the molecule is COc1cccc2c1OCC(NC(=O)CCn1cnc3ccccc3c1=O)C2. The summed E-state index contributed by atoms with van der Waals surface area (Å²) in [5.41, 5.74) is 1.52. The summed E-state index contributed by atoms with van der Waals surface area (Å²) in [5.74, 6) is 1.31. The zero-order chi connectivity index (χ0) is 19.5. The standard InChI is InChI=1S/C21H21N3O4/c1-27-18-8-4-5-14-11-15(12-28-20(14)18)23-19(25)9-10-24-13-22-17-7-3-2-6-16(17)21(24)26/h2-8,13,15H,9-12H2,1H3,(H,23,25). The maximum absolute atomic E-state index is 12.5. The van der Waals surface area contributed by atoms with E-state index in [0.29, 0.717) is 29.7 Å². The molecule has 7 heteroatoms. The summed E-state index contributed by atoms with van der Waals surface area (Å²) in [4.78, 5) is 29.1. The molecular weight excluding hydrogens is 358 g/mol. The molecule has 1 aliphatic heterocycles. The van der Waals surface area contributed by atoms with Crippen molar-refractivity contribution in [3.63, 3.8) is 0 Å². The Bertz CT molecular complexity index is 1080. The van der Waals surface area contributed by atoms with Crippen LogP contribution in [-0.4, -0.2) is 35.2 Å². The average molecular weight is 379 g/mol. The van der Waals surface area contributed by atoms with Gasteiger partial charge in [-0.25, -0.2) is 4.98 Å². The highest BCUT2D eigenvalue weighted by Crippen LogP contribution is 2.34. The number of aromatic nitrogens is 2. The van der Waals surface area contributed by atoms with Crippen molar-refractivity contribution in [1.29, 1.82) is 0 Å². The van der Waals surface area contributed by atoms with Crippen LogP contribution < -0.4 is 20.3 Å². The van der Waals surface area contributed by atoms with Crippen LogP contribution in [0.15, 0.2) is 53.6 Å². The van der Waals surface area contributed by atoms with E-state index in [4.69, 9.17) is 9.47 Å². The first-order chi connectivity index (χ1) is 13.7. The third-order valence-electron chi connectivity index (χ3n) is 4.85. The Kier molecular flexibility index (Phi) is 4.97. The van der Waals surface area contributed by atoms with Gasteiger partial charge < -0.3 is 14.8 Å². The Morgan fingerprint density at radius 2 is 2.14 bits per heavy atom. The number of aryl methyl sites for hydroxylation is 1. The maximum Gasteiger partial charge on any atom is 0.261 e. The van der Waals surface area contributed by atoms with Crippen molar-refractivity contribution < 1.29 is 14.3 Å². The molecule has 1 atom stereocenters. The van der Waals surface area contributed by atoms with Crippen LogP contribution in [0.2, 0.25) is 0 Å². The Morgan fingerprint density at radius 3 is 3.00 bits per heavy atom. The Labute approximate surface area is 161 Å². The molecule has 0 saturated carbocycles. The first kappa shape index (κ1) is 18.0. The van der Waals surface area contributed by atoms with E-state index in [9.17, 15) is 9.59 Å². The lowest BCUT2D eigenvalue weighted by Crippen LogP contribution is -2.43. The van der Waals surface area contributed by atoms with Crippen LogP contribution in [0, 0.1) is 0 Å². The van der Waals surface area contributed by atoms with Gasteiger partial charge in [-0.3, -0.25) is 14.2 Å². The molecule has 0 fully saturated rings. The van der Waals surface area contributed by atoms with Crippen LogP contribution >= 0.6 is 0 Å². The minimum Gasteiger partial charge on any atom is -0.493 e. The number of methoxy groups -OCH3 is 1. The quantitative estimate of drug-likeness (QED) is 0.732. The van der Waals surface area contributed by atoms with Gasteiger partial charge in [-0.05, 0) is 24.6 Å². The second-order valence-electron chi connectivity index (χ2n) is 6.74. The topological polar surface area (TPSA) is 82.4 Å². The van der Waals surface area contributed by atoms with Crippen molar-refractivity contribution in [2.24, 2.45) is 0 Å². The van der Waals surface area contributed by atoms with Crippen molar-refractivity contribution in [2.45, 2.75) is 25.4 Å². The summed E-state index contributed by atoms with van der Waals surface area (Å²) in [6, 6.07) is 12.8. The zero-order valence-electron chi connectivity index (χ0n) is 15.6. The molecule has 1 unspecified atom stereocenters. The number of hydrogen-bond acceptors (Lipinski definition) is 5. The fourth-order valence-electron chi connectivity index (χ4n) is 3.43. The molecule has 0 aliphatic carbocycles. The summed E-state index contributed by atoms with van der Waals surface area (Å²) < 4.78 is 12.6. The molecule has 1 aromatic heterocycles. The average Bonchev–Trinajstić information content (AvgIpc) is 2.73. The van der Waals surface area contributed by atoms with Gasteiger partial charge in [-0.1, -0.05) is 24.3 Å². The zero-order valence-corrected chi connectivity index (χ0v) is 15.6. The highest BCUT2D eigenvalue weighted by Gasteiger charge is 2.23. The van der Waals surface area contributed by atoms with E-state index in [1.165, 1.54) is 10.9 Å². The first-order valence-corrected chi connectivity index (χ1v) is 9.18. The number of rotatable bonds is 5. The minimum absolute atomic E-state index is 0.112. The van der Waals surface area contributed by atoms with Gasteiger partial charge in [0.25, 0.3) is 5.56 Å². The van der Waals surface area contributed by atoms with E-state index in [1.807, 2.05) is 24.3 Å². The highest BCUT2D eigenvalue weighted by atomic mass is 16.5. The van der Waals surface area contributed by atoms with Crippen molar-refractivity contribution in [3.05, 3.63) is 64.7 Å². The Hall–Kier alpha value is -3.35. The lowest BCUT2D eigenvalue weighted by atomic mass is 10.0. The van der Waals surface area contributed by atoms with E-state index < -0.39 is 0 Å². The monoisotopic (exact) mass is 379 g/mol. The van der Waals surface area contributed by atoms with Gasteiger partial charge in [-0.15, -0.1) is 0 Å². The predicted octanol–water partition coefficient (Wildman–Crippen LogP) is 1.92. The Morgan fingerprint density at radius 1 is 1.29 bits per heavy atom. The van der Waals surface area contributed by atoms with E-state index in [-0.39, 0.29) is 30.5 Å². The maximum atomic E-state index is 12.5. The molecule has 1 aliphatic rings. The third-order valence-corrected chi connectivity index (χ3v) is 4.85.